The fourth-order valence-corrected chi connectivity index (χ4v) is 1.71. The Morgan fingerprint density at radius 3 is 2.61 bits per heavy atom. The predicted molar refractivity (Wildman–Crippen MR) is 70.8 cm³/mol. The van der Waals surface area contributed by atoms with Crippen LogP contribution >= 0.6 is 0 Å². The van der Waals surface area contributed by atoms with Crippen LogP contribution in [0.5, 0.6) is 11.6 Å². The molecule has 1 heterocycles. The van der Waals surface area contributed by atoms with Gasteiger partial charge in [0.15, 0.2) is 0 Å². The first kappa shape index (κ1) is 12.6. The summed E-state index contributed by atoms with van der Waals surface area (Å²) in [6.07, 6.45) is 2.05. The Hall–Kier alpha value is -1.87. The third kappa shape index (κ3) is 2.87. The molecule has 3 nitrogen and oxygen atoms in total. The molecule has 0 aliphatic rings. The molecule has 0 radical (unpaired) electrons. The third-order valence-corrected chi connectivity index (χ3v) is 2.81. The van der Waals surface area contributed by atoms with Gasteiger partial charge in [-0.15, -0.1) is 0 Å². The first-order valence-electron chi connectivity index (χ1n) is 6.10. The molecule has 2 rings (SSSR count). The molecule has 1 N–H and O–H groups in total. The van der Waals surface area contributed by atoms with E-state index in [1.807, 2.05) is 30.3 Å². The zero-order valence-corrected chi connectivity index (χ0v) is 10.6. The molecule has 0 bridgehead atoms. The maximum absolute atomic E-state index is 9.41. The van der Waals surface area contributed by atoms with Crippen molar-refractivity contribution in [3.63, 3.8) is 0 Å². The average molecular weight is 243 g/mol. The van der Waals surface area contributed by atoms with Crippen LogP contribution in [0, 0.1) is 0 Å². The first-order valence-corrected chi connectivity index (χ1v) is 6.10. The van der Waals surface area contributed by atoms with Gasteiger partial charge < -0.3 is 9.84 Å². The molecular weight excluding hydrogens is 226 g/mol. The number of rotatable bonds is 4. The second kappa shape index (κ2) is 5.65. The molecule has 1 aromatic carbocycles. The number of aliphatic hydroxyl groups is 1. The summed E-state index contributed by atoms with van der Waals surface area (Å²) in [6, 6.07) is 11.5. The van der Waals surface area contributed by atoms with Crippen LogP contribution in [0.15, 0.2) is 42.6 Å². The van der Waals surface area contributed by atoms with Crippen LogP contribution in [0.3, 0.4) is 0 Å². The van der Waals surface area contributed by atoms with Crippen molar-refractivity contribution in [2.24, 2.45) is 0 Å². The van der Waals surface area contributed by atoms with E-state index in [1.54, 1.807) is 19.2 Å². The molecule has 1 atom stereocenters. The topological polar surface area (TPSA) is 42.4 Å². The van der Waals surface area contributed by atoms with Gasteiger partial charge in [-0.1, -0.05) is 25.1 Å². The molecular formula is C15H17NO2. The smallest absolute Gasteiger partial charge is 0.219 e. The van der Waals surface area contributed by atoms with Crippen LogP contribution in [-0.4, -0.2) is 10.1 Å². The van der Waals surface area contributed by atoms with E-state index >= 15 is 0 Å². The maximum atomic E-state index is 9.41. The van der Waals surface area contributed by atoms with E-state index < -0.39 is 6.10 Å². The Morgan fingerprint density at radius 2 is 2.00 bits per heavy atom. The molecule has 3 heteroatoms. The Balaban J connectivity index is 2.18. The largest absolute Gasteiger partial charge is 0.439 e. The summed E-state index contributed by atoms with van der Waals surface area (Å²) in [5.74, 6) is 1.37. The molecule has 1 aromatic heterocycles. The van der Waals surface area contributed by atoms with Crippen molar-refractivity contribution in [2.75, 3.05) is 0 Å². The number of benzene rings is 1. The summed E-state index contributed by atoms with van der Waals surface area (Å²) >= 11 is 0. The van der Waals surface area contributed by atoms with E-state index in [1.165, 1.54) is 0 Å². The summed E-state index contributed by atoms with van der Waals surface area (Å²) < 4.78 is 5.74. The Bertz CT molecular complexity index is 506. The van der Waals surface area contributed by atoms with E-state index in [0.29, 0.717) is 5.88 Å². The molecule has 0 amide bonds. The van der Waals surface area contributed by atoms with Crippen LogP contribution in [-0.2, 0) is 6.42 Å². The van der Waals surface area contributed by atoms with Gasteiger partial charge in [0.05, 0.1) is 6.10 Å². The minimum absolute atomic E-state index is 0.505. The van der Waals surface area contributed by atoms with Crippen LogP contribution in [0.2, 0.25) is 0 Å². The summed E-state index contributed by atoms with van der Waals surface area (Å²) in [5, 5.41) is 9.41. The van der Waals surface area contributed by atoms with Gasteiger partial charge in [-0.05, 0) is 36.6 Å². The Morgan fingerprint density at radius 1 is 1.22 bits per heavy atom. The third-order valence-electron chi connectivity index (χ3n) is 2.81. The number of ether oxygens (including phenoxy) is 1. The molecule has 0 fully saturated rings. The van der Waals surface area contributed by atoms with Gasteiger partial charge in [0.1, 0.15) is 5.75 Å². The zero-order chi connectivity index (χ0) is 13.0. The van der Waals surface area contributed by atoms with Crippen molar-refractivity contribution in [1.29, 1.82) is 0 Å². The minimum Gasteiger partial charge on any atom is -0.439 e. The summed E-state index contributed by atoms with van der Waals surface area (Å²) in [7, 11) is 0. The Kier molecular flexibility index (Phi) is 3.95. The molecule has 94 valence electrons. The maximum Gasteiger partial charge on any atom is 0.219 e. The van der Waals surface area contributed by atoms with E-state index in [0.717, 1.165) is 23.3 Å². The lowest BCUT2D eigenvalue weighted by atomic mass is 10.1. The monoisotopic (exact) mass is 243 g/mol. The van der Waals surface area contributed by atoms with Crippen LogP contribution < -0.4 is 4.74 Å². The number of para-hydroxylation sites is 1. The first-order chi connectivity index (χ1) is 8.70. The molecule has 0 unspecified atom stereocenters. The van der Waals surface area contributed by atoms with E-state index in [4.69, 9.17) is 4.74 Å². The second-order valence-corrected chi connectivity index (χ2v) is 4.17. The number of aromatic nitrogens is 1. The predicted octanol–water partition coefficient (Wildman–Crippen LogP) is 3.49. The highest BCUT2D eigenvalue weighted by molar-refractivity contribution is 5.36. The van der Waals surface area contributed by atoms with Gasteiger partial charge >= 0.3 is 0 Å². The van der Waals surface area contributed by atoms with Crippen molar-refractivity contribution in [1.82, 2.24) is 4.98 Å². The number of hydrogen-bond acceptors (Lipinski definition) is 3. The minimum atomic E-state index is -0.505. The summed E-state index contributed by atoms with van der Waals surface area (Å²) in [6.45, 7) is 3.80. The molecule has 0 aliphatic carbocycles. The molecule has 0 spiro atoms. The highest BCUT2D eigenvalue weighted by Gasteiger charge is 2.05. The van der Waals surface area contributed by atoms with Crippen LogP contribution in [0.1, 0.15) is 31.1 Å². The van der Waals surface area contributed by atoms with Gasteiger partial charge in [0.25, 0.3) is 0 Å². The lowest BCUT2D eigenvalue weighted by Gasteiger charge is -2.10. The lowest BCUT2D eigenvalue weighted by Crippen LogP contribution is -1.95. The van der Waals surface area contributed by atoms with Crippen molar-refractivity contribution < 1.29 is 9.84 Å². The van der Waals surface area contributed by atoms with Gasteiger partial charge in [0.2, 0.25) is 5.88 Å². The van der Waals surface area contributed by atoms with Crippen LogP contribution in [0.4, 0.5) is 0 Å². The quantitative estimate of drug-likeness (QED) is 0.893. The average Bonchev–Trinajstić information content (AvgIpc) is 2.40. The molecule has 0 aliphatic heterocycles. The van der Waals surface area contributed by atoms with E-state index in [9.17, 15) is 5.11 Å². The van der Waals surface area contributed by atoms with Crippen molar-refractivity contribution in [2.45, 2.75) is 26.4 Å². The van der Waals surface area contributed by atoms with Gasteiger partial charge in [0, 0.05) is 12.3 Å². The van der Waals surface area contributed by atoms with E-state index in [2.05, 4.69) is 11.9 Å². The number of aliphatic hydroxyl groups excluding tert-OH is 1. The highest BCUT2D eigenvalue weighted by Crippen LogP contribution is 2.24. The number of nitrogens with zero attached hydrogens (tertiary/aromatic N) is 1. The SMILES string of the molecule is CCc1ccccc1Oc1ccc([C@@H](C)O)cn1. The molecule has 2 aromatic rings. The molecule has 18 heavy (non-hydrogen) atoms. The standard InChI is InChI=1S/C15H17NO2/c1-3-12-6-4-5-7-14(12)18-15-9-8-13(10-16-15)11(2)17/h4-11,17H,3H2,1-2H3/t11-/m1/s1. The highest BCUT2D eigenvalue weighted by atomic mass is 16.5. The normalized spacial score (nSPS) is 12.2. The second-order valence-electron chi connectivity index (χ2n) is 4.17. The molecule has 0 saturated carbocycles. The van der Waals surface area contributed by atoms with Gasteiger partial charge in [-0.25, -0.2) is 4.98 Å². The number of hydrogen-bond donors (Lipinski definition) is 1. The van der Waals surface area contributed by atoms with Crippen LogP contribution in [0.25, 0.3) is 0 Å². The zero-order valence-electron chi connectivity index (χ0n) is 10.6. The summed E-state index contributed by atoms with van der Waals surface area (Å²) in [5.41, 5.74) is 1.94. The number of aryl methyl sites for hydroxylation is 1. The fraction of sp³-hybridized carbons (Fsp3) is 0.267. The van der Waals surface area contributed by atoms with Crippen molar-refractivity contribution in [3.8, 4) is 11.6 Å². The Labute approximate surface area is 107 Å². The van der Waals surface area contributed by atoms with Crippen molar-refractivity contribution in [3.05, 3.63) is 53.7 Å². The van der Waals surface area contributed by atoms with Gasteiger partial charge in [-0.3, -0.25) is 0 Å². The van der Waals surface area contributed by atoms with E-state index in [-0.39, 0.29) is 0 Å². The molecule has 0 saturated heterocycles. The van der Waals surface area contributed by atoms with Crippen molar-refractivity contribution >= 4 is 0 Å². The lowest BCUT2D eigenvalue weighted by molar-refractivity contribution is 0.198. The number of pyridine rings is 1. The fourth-order valence-electron chi connectivity index (χ4n) is 1.71. The summed E-state index contributed by atoms with van der Waals surface area (Å²) in [4.78, 5) is 4.19. The van der Waals surface area contributed by atoms with Gasteiger partial charge in [-0.2, -0.15) is 0 Å².